The summed E-state index contributed by atoms with van der Waals surface area (Å²) in [6.45, 7) is 2.19. The molecule has 6 nitrogen and oxygen atoms in total. The van der Waals surface area contributed by atoms with E-state index in [0.717, 1.165) is 43.0 Å². The van der Waals surface area contributed by atoms with Crippen molar-refractivity contribution in [2.75, 3.05) is 27.3 Å². The second-order valence-corrected chi connectivity index (χ2v) is 9.82. The third-order valence-electron chi connectivity index (χ3n) is 8.38. The number of carbonyl (C=O) groups excluding carboxylic acids is 2. The van der Waals surface area contributed by atoms with Gasteiger partial charge in [-0.1, -0.05) is 0 Å². The number of ether oxygens (including phenoxy) is 3. The molecule has 164 valence electrons. The van der Waals surface area contributed by atoms with Gasteiger partial charge in [0.2, 0.25) is 0 Å². The Morgan fingerprint density at radius 3 is 2.90 bits per heavy atom. The topological polar surface area (TPSA) is 65.1 Å². The van der Waals surface area contributed by atoms with Crippen molar-refractivity contribution in [2.45, 2.75) is 56.1 Å². The van der Waals surface area contributed by atoms with Crippen molar-refractivity contribution in [2.24, 2.45) is 11.8 Å². The molecule has 0 radical (unpaired) electrons. The van der Waals surface area contributed by atoms with E-state index in [-0.39, 0.29) is 17.2 Å². The highest BCUT2D eigenvalue weighted by Gasteiger charge is 2.66. The fraction of sp³-hybridized carbons (Fsp3) is 0.600. The number of benzene rings is 1. The van der Waals surface area contributed by atoms with E-state index in [1.165, 1.54) is 43.7 Å². The number of nitrogens with zero attached hydrogens (tertiary/aromatic N) is 1. The zero-order valence-corrected chi connectivity index (χ0v) is 18.2. The predicted octanol–water partition coefficient (Wildman–Crippen LogP) is 2.90. The lowest BCUT2D eigenvalue weighted by Crippen LogP contribution is -2.66. The number of rotatable bonds is 5. The van der Waals surface area contributed by atoms with Gasteiger partial charge < -0.3 is 14.2 Å². The number of methoxy groups -OCH3 is 2. The second-order valence-electron chi connectivity index (χ2n) is 9.82. The van der Waals surface area contributed by atoms with Crippen LogP contribution in [0.3, 0.4) is 0 Å². The molecule has 2 saturated carbocycles. The molecule has 1 aromatic rings. The summed E-state index contributed by atoms with van der Waals surface area (Å²) in [5, 5.41) is 0. The molecule has 0 amide bonds. The molecule has 5 aliphatic rings. The summed E-state index contributed by atoms with van der Waals surface area (Å²) in [5.41, 5.74) is 3.11. The lowest BCUT2D eigenvalue weighted by Gasteiger charge is -2.58. The van der Waals surface area contributed by atoms with Crippen molar-refractivity contribution in [3.63, 3.8) is 0 Å². The molecule has 3 aliphatic carbocycles. The van der Waals surface area contributed by atoms with Crippen molar-refractivity contribution in [3.05, 3.63) is 28.8 Å². The Morgan fingerprint density at radius 2 is 2.16 bits per heavy atom. The van der Waals surface area contributed by atoms with Gasteiger partial charge in [0.25, 0.3) is 0 Å². The van der Waals surface area contributed by atoms with Gasteiger partial charge in [0.05, 0.1) is 14.2 Å². The van der Waals surface area contributed by atoms with Gasteiger partial charge in [-0.05, 0) is 73.8 Å². The summed E-state index contributed by atoms with van der Waals surface area (Å²) < 4.78 is 17.0. The molecule has 2 bridgehead atoms. The number of hydrogen-bond donors (Lipinski definition) is 0. The molecular weight excluding hydrogens is 394 g/mol. The molecular formula is C25H29NO5. The molecule has 4 atom stereocenters. The quantitative estimate of drug-likeness (QED) is 0.536. The normalized spacial score (nSPS) is 33.2. The third-order valence-corrected chi connectivity index (χ3v) is 8.38. The Bertz CT molecular complexity index is 996. The molecule has 6 rings (SSSR count). The Morgan fingerprint density at radius 1 is 1.32 bits per heavy atom. The van der Waals surface area contributed by atoms with Crippen LogP contribution in [0, 0.1) is 11.8 Å². The van der Waals surface area contributed by atoms with E-state index in [1.54, 1.807) is 7.11 Å². The van der Waals surface area contributed by atoms with E-state index in [1.807, 2.05) is 12.1 Å². The molecule has 0 aromatic heterocycles. The molecule has 0 N–H and O–H groups in total. The van der Waals surface area contributed by atoms with Gasteiger partial charge in [-0.25, -0.2) is 4.79 Å². The molecule has 1 spiro atoms. The number of esters is 1. The monoisotopic (exact) mass is 423 g/mol. The fourth-order valence-electron chi connectivity index (χ4n) is 6.89. The molecule has 2 heterocycles. The number of carbonyl (C=O) groups is 2. The first-order valence-electron chi connectivity index (χ1n) is 11.5. The minimum Gasteiger partial charge on any atom is -0.493 e. The average molecular weight is 424 g/mol. The third kappa shape index (κ3) is 2.67. The summed E-state index contributed by atoms with van der Waals surface area (Å²) in [7, 11) is 3.02. The summed E-state index contributed by atoms with van der Waals surface area (Å²) >= 11 is 0. The van der Waals surface area contributed by atoms with Crippen LogP contribution in [0.2, 0.25) is 0 Å². The maximum absolute atomic E-state index is 13.1. The van der Waals surface area contributed by atoms with Gasteiger partial charge in [-0.3, -0.25) is 9.69 Å². The van der Waals surface area contributed by atoms with Gasteiger partial charge in [-0.2, -0.15) is 0 Å². The van der Waals surface area contributed by atoms with Crippen LogP contribution in [0.4, 0.5) is 0 Å². The lowest BCUT2D eigenvalue weighted by atomic mass is 9.51. The van der Waals surface area contributed by atoms with Gasteiger partial charge in [0.1, 0.15) is 0 Å². The summed E-state index contributed by atoms with van der Waals surface area (Å²) in [4.78, 5) is 27.6. The van der Waals surface area contributed by atoms with Crippen LogP contribution >= 0.6 is 0 Å². The maximum atomic E-state index is 13.1. The van der Waals surface area contributed by atoms with Crippen LogP contribution in [-0.2, 0) is 26.2 Å². The van der Waals surface area contributed by atoms with Crippen molar-refractivity contribution >= 4 is 17.8 Å². The highest BCUT2D eigenvalue weighted by molar-refractivity contribution is 5.91. The van der Waals surface area contributed by atoms with Gasteiger partial charge in [0, 0.05) is 36.1 Å². The van der Waals surface area contributed by atoms with Crippen LogP contribution in [0.5, 0.6) is 11.5 Å². The minimum absolute atomic E-state index is 0.225. The van der Waals surface area contributed by atoms with Gasteiger partial charge >= 0.3 is 5.97 Å². The zero-order valence-electron chi connectivity index (χ0n) is 18.2. The molecule has 31 heavy (non-hydrogen) atoms. The maximum Gasteiger partial charge on any atom is 0.330 e. The van der Waals surface area contributed by atoms with Gasteiger partial charge in [-0.15, -0.1) is 0 Å². The summed E-state index contributed by atoms with van der Waals surface area (Å²) in [6.07, 6.45) is 9.00. The van der Waals surface area contributed by atoms with E-state index in [2.05, 4.69) is 4.90 Å². The minimum atomic E-state index is -0.403. The SMILES string of the molecule is COC(=O)/C=C/c1cc(OC)c2c3c1CC1C4CCC(=O)[C@@H](O2)[C@@]34CCN1CC1CC1. The van der Waals surface area contributed by atoms with E-state index in [9.17, 15) is 9.59 Å². The average Bonchev–Trinajstić information content (AvgIpc) is 3.53. The first kappa shape index (κ1) is 19.4. The van der Waals surface area contributed by atoms with Crippen LogP contribution in [0.25, 0.3) is 6.08 Å². The van der Waals surface area contributed by atoms with Crippen molar-refractivity contribution in [1.82, 2.24) is 4.90 Å². The van der Waals surface area contributed by atoms with E-state index < -0.39 is 6.10 Å². The molecule has 2 aliphatic heterocycles. The van der Waals surface area contributed by atoms with Crippen molar-refractivity contribution in [3.8, 4) is 11.5 Å². The Kier molecular flexibility index (Phi) is 4.26. The molecule has 2 unspecified atom stereocenters. The number of Topliss-reactive ketones (excluding diaryl/α,β-unsaturated/α-hetero) is 1. The van der Waals surface area contributed by atoms with Crippen LogP contribution in [-0.4, -0.2) is 56.1 Å². The number of piperidine rings is 1. The highest BCUT2D eigenvalue weighted by Crippen LogP contribution is 2.64. The number of likely N-dealkylation sites (tertiary alicyclic amines) is 1. The van der Waals surface area contributed by atoms with Crippen molar-refractivity contribution in [1.29, 1.82) is 0 Å². The zero-order chi connectivity index (χ0) is 21.3. The van der Waals surface area contributed by atoms with E-state index in [0.29, 0.717) is 24.1 Å². The lowest BCUT2D eigenvalue weighted by molar-refractivity contribution is -0.139. The van der Waals surface area contributed by atoms with Crippen LogP contribution in [0.1, 0.15) is 48.8 Å². The summed E-state index contributed by atoms with van der Waals surface area (Å²) in [6, 6.07) is 2.37. The molecule has 6 heteroatoms. The van der Waals surface area contributed by atoms with E-state index in [4.69, 9.17) is 14.2 Å². The largest absolute Gasteiger partial charge is 0.493 e. The van der Waals surface area contributed by atoms with Gasteiger partial charge in [0.15, 0.2) is 23.4 Å². The standard InChI is InChI=1S/C25H29NO5/c1-29-20-11-15(5-8-21(28)30-2)16-12-18-17-6-7-19(27)24-25(17,22(16)23(20)31-24)9-10-26(18)13-14-3-4-14/h5,8,11,14,17-18,24H,3-4,6-7,9-10,12-13H2,1-2H3/b8-5+/t17?,18?,24-,25-/m1/s1. The first-order valence-corrected chi connectivity index (χ1v) is 11.5. The smallest absolute Gasteiger partial charge is 0.330 e. The van der Waals surface area contributed by atoms with Crippen molar-refractivity contribution < 1.29 is 23.8 Å². The first-order chi connectivity index (χ1) is 15.1. The fourth-order valence-corrected chi connectivity index (χ4v) is 6.89. The van der Waals surface area contributed by atoms with E-state index >= 15 is 0 Å². The summed E-state index contributed by atoms with van der Waals surface area (Å²) in [5.74, 6) is 2.52. The molecule has 1 aromatic carbocycles. The Labute approximate surface area is 182 Å². The molecule has 1 saturated heterocycles. The van der Waals surface area contributed by atoms with Crippen LogP contribution < -0.4 is 9.47 Å². The molecule has 3 fully saturated rings. The number of hydrogen-bond acceptors (Lipinski definition) is 6. The second kappa shape index (κ2) is 6.83. The van der Waals surface area contributed by atoms with Crippen LogP contribution in [0.15, 0.2) is 12.1 Å². The highest BCUT2D eigenvalue weighted by atomic mass is 16.5. The predicted molar refractivity (Wildman–Crippen MR) is 114 cm³/mol. The Balaban J connectivity index is 1.53. The number of ketones is 1. The Hall–Kier alpha value is -2.34.